The Kier molecular flexibility index (Phi) is 13.6. The third-order valence-corrected chi connectivity index (χ3v) is 0.842. The van der Waals surface area contributed by atoms with Gasteiger partial charge in [0.15, 0.2) is 0 Å². The SMILES string of the molecule is C=COC(=O)OC(=O)OC=C.OCCCO. The minimum Gasteiger partial charge on any atom is -0.403 e. The molecule has 16 heavy (non-hydrogen) atoms. The standard InChI is InChI=1S/C6H6O5.C3H8O2/c1-3-9-5(7)11-6(8)10-4-2;4-2-1-3-5/h3-4H,1-2H2;4-5H,1-3H2. The highest BCUT2D eigenvalue weighted by atomic mass is 16.8. The van der Waals surface area contributed by atoms with Crippen molar-refractivity contribution in [2.75, 3.05) is 13.2 Å². The van der Waals surface area contributed by atoms with Gasteiger partial charge in [-0.05, 0) is 6.42 Å². The summed E-state index contributed by atoms with van der Waals surface area (Å²) in [6.45, 7) is 6.30. The zero-order valence-electron chi connectivity index (χ0n) is 8.63. The van der Waals surface area contributed by atoms with Crippen LogP contribution in [0.4, 0.5) is 9.59 Å². The summed E-state index contributed by atoms with van der Waals surface area (Å²) in [6.07, 6.45) is -0.258. The number of hydrogen-bond donors (Lipinski definition) is 2. The zero-order valence-corrected chi connectivity index (χ0v) is 8.63. The summed E-state index contributed by atoms with van der Waals surface area (Å²) >= 11 is 0. The number of aliphatic hydroxyl groups is 2. The van der Waals surface area contributed by atoms with Gasteiger partial charge in [-0.1, -0.05) is 13.2 Å². The second-order valence-corrected chi connectivity index (χ2v) is 1.97. The lowest BCUT2D eigenvalue weighted by molar-refractivity contribution is 0.0718. The minimum absolute atomic E-state index is 0.0938. The van der Waals surface area contributed by atoms with Gasteiger partial charge in [0.1, 0.15) is 0 Å². The van der Waals surface area contributed by atoms with Crippen molar-refractivity contribution in [2.24, 2.45) is 0 Å². The van der Waals surface area contributed by atoms with Crippen LogP contribution >= 0.6 is 0 Å². The van der Waals surface area contributed by atoms with Crippen LogP contribution in [-0.2, 0) is 14.2 Å². The summed E-state index contributed by atoms with van der Waals surface area (Å²) in [5.74, 6) is 0. The summed E-state index contributed by atoms with van der Waals surface area (Å²) in [5, 5.41) is 15.8. The third kappa shape index (κ3) is 14.7. The topological polar surface area (TPSA) is 102 Å². The summed E-state index contributed by atoms with van der Waals surface area (Å²) in [7, 11) is 0. The van der Waals surface area contributed by atoms with Gasteiger partial charge in [0.2, 0.25) is 0 Å². The molecule has 7 heteroatoms. The van der Waals surface area contributed by atoms with Crippen LogP contribution in [0.25, 0.3) is 0 Å². The van der Waals surface area contributed by atoms with Crippen molar-refractivity contribution in [1.82, 2.24) is 0 Å². The maximum Gasteiger partial charge on any atom is 0.523 e. The average Bonchev–Trinajstić information content (AvgIpc) is 2.20. The van der Waals surface area contributed by atoms with Crippen LogP contribution < -0.4 is 0 Å². The van der Waals surface area contributed by atoms with Crippen LogP contribution in [0.15, 0.2) is 25.7 Å². The Labute approximate surface area is 92.5 Å². The first-order valence-corrected chi connectivity index (χ1v) is 4.15. The molecule has 0 heterocycles. The fourth-order valence-corrected chi connectivity index (χ4v) is 0.323. The first kappa shape index (κ1) is 16.6. The summed E-state index contributed by atoms with van der Waals surface area (Å²) in [6, 6.07) is 0. The van der Waals surface area contributed by atoms with Gasteiger partial charge in [-0.3, -0.25) is 0 Å². The van der Waals surface area contributed by atoms with Crippen molar-refractivity contribution in [2.45, 2.75) is 6.42 Å². The van der Waals surface area contributed by atoms with E-state index in [0.717, 1.165) is 12.5 Å². The molecule has 0 aromatic carbocycles. The maximum absolute atomic E-state index is 10.3. The Morgan fingerprint density at radius 2 is 1.38 bits per heavy atom. The molecule has 0 rings (SSSR count). The zero-order chi connectivity index (χ0) is 12.8. The van der Waals surface area contributed by atoms with Gasteiger partial charge in [-0.25, -0.2) is 9.59 Å². The molecule has 0 atom stereocenters. The number of ether oxygens (including phenoxy) is 3. The highest BCUT2D eigenvalue weighted by Gasteiger charge is 2.09. The lowest BCUT2D eigenvalue weighted by Crippen LogP contribution is -2.10. The van der Waals surface area contributed by atoms with Crippen LogP contribution in [0.5, 0.6) is 0 Å². The molecule has 0 fully saturated rings. The first-order chi connectivity index (χ1) is 7.62. The van der Waals surface area contributed by atoms with E-state index in [2.05, 4.69) is 27.4 Å². The lowest BCUT2D eigenvalue weighted by Gasteiger charge is -1.97. The highest BCUT2D eigenvalue weighted by Crippen LogP contribution is 1.90. The molecule has 0 aromatic rings. The van der Waals surface area contributed by atoms with E-state index < -0.39 is 12.3 Å². The normalized spacial score (nSPS) is 7.88. The molecular formula is C9H14O7. The van der Waals surface area contributed by atoms with Crippen molar-refractivity contribution in [1.29, 1.82) is 0 Å². The molecular weight excluding hydrogens is 220 g/mol. The number of aliphatic hydroxyl groups excluding tert-OH is 2. The molecule has 0 radical (unpaired) electrons. The molecule has 0 aliphatic rings. The third-order valence-electron chi connectivity index (χ3n) is 0.842. The minimum atomic E-state index is -1.20. The monoisotopic (exact) mass is 234 g/mol. The summed E-state index contributed by atoms with van der Waals surface area (Å²) in [4.78, 5) is 20.6. The quantitative estimate of drug-likeness (QED) is 0.423. The van der Waals surface area contributed by atoms with Crippen LogP contribution in [0.1, 0.15) is 6.42 Å². The van der Waals surface area contributed by atoms with Gasteiger partial charge >= 0.3 is 12.3 Å². The van der Waals surface area contributed by atoms with Gasteiger partial charge in [0, 0.05) is 13.2 Å². The van der Waals surface area contributed by atoms with Crippen molar-refractivity contribution < 1.29 is 34.0 Å². The molecule has 0 aliphatic carbocycles. The molecule has 7 nitrogen and oxygen atoms in total. The van der Waals surface area contributed by atoms with Crippen molar-refractivity contribution in [3.63, 3.8) is 0 Å². The fourth-order valence-electron chi connectivity index (χ4n) is 0.323. The molecule has 0 saturated carbocycles. The lowest BCUT2D eigenvalue weighted by atomic mass is 10.5. The van der Waals surface area contributed by atoms with Crippen LogP contribution in [-0.4, -0.2) is 35.7 Å². The molecule has 0 spiro atoms. The van der Waals surface area contributed by atoms with Gasteiger partial charge in [-0.2, -0.15) is 0 Å². The number of rotatable bonds is 4. The largest absolute Gasteiger partial charge is 0.523 e. The Balaban J connectivity index is 0. The van der Waals surface area contributed by atoms with E-state index in [4.69, 9.17) is 10.2 Å². The number of carbonyl (C=O) groups is 2. The Morgan fingerprint density at radius 1 is 1.00 bits per heavy atom. The smallest absolute Gasteiger partial charge is 0.403 e. The van der Waals surface area contributed by atoms with Gasteiger partial charge in [-0.15, -0.1) is 0 Å². The van der Waals surface area contributed by atoms with Crippen molar-refractivity contribution in [3.05, 3.63) is 25.7 Å². The second-order valence-electron chi connectivity index (χ2n) is 1.97. The Morgan fingerprint density at radius 3 is 1.56 bits per heavy atom. The maximum atomic E-state index is 10.3. The Bertz CT molecular complexity index is 202. The predicted octanol–water partition coefficient (Wildman–Crippen LogP) is 0.924. The molecule has 0 amide bonds. The van der Waals surface area contributed by atoms with E-state index in [-0.39, 0.29) is 13.2 Å². The molecule has 0 aromatic heterocycles. The second kappa shape index (κ2) is 13.1. The van der Waals surface area contributed by atoms with Gasteiger partial charge in [0.05, 0.1) is 12.5 Å². The van der Waals surface area contributed by atoms with E-state index in [1.807, 2.05) is 0 Å². The number of carbonyl (C=O) groups excluding carboxylic acids is 2. The van der Waals surface area contributed by atoms with E-state index in [0.29, 0.717) is 6.42 Å². The molecule has 0 aliphatic heterocycles. The Hall–Kier alpha value is -1.86. The summed E-state index contributed by atoms with van der Waals surface area (Å²) < 4.78 is 11.9. The number of hydrogen-bond acceptors (Lipinski definition) is 7. The first-order valence-electron chi connectivity index (χ1n) is 4.15. The van der Waals surface area contributed by atoms with Crippen LogP contribution in [0.3, 0.4) is 0 Å². The van der Waals surface area contributed by atoms with Gasteiger partial charge < -0.3 is 24.4 Å². The van der Waals surface area contributed by atoms with Crippen molar-refractivity contribution in [3.8, 4) is 0 Å². The molecule has 0 unspecified atom stereocenters. The molecule has 0 saturated heterocycles. The molecule has 92 valence electrons. The van der Waals surface area contributed by atoms with E-state index >= 15 is 0 Å². The highest BCUT2D eigenvalue weighted by molar-refractivity contribution is 5.77. The predicted molar refractivity (Wildman–Crippen MR) is 53.2 cm³/mol. The molecule has 2 N–H and O–H groups in total. The van der Waals surface area contributed by atoms with Crippen molar-refractivity contribution >= 4 is 12.3 Å². The van der Waals surface area contributed by atoms with Gasteiger partial charge in [0.25, 0.3) is 0 Å². The van der Waals surface area contributed by atoms with Crippen LogP contribution in [0, 0.1) is 0 Å². The van der Waals surface area contributed by atoms with E-state index in [9.17, 15) is 9.59 Å². The fraction of sp³-hybridized carbons (Fsp3) is 0.333. The van der Waals surface area contributed by atoms with E-state index in [1.54, 1.807) is 0 Å². The average molecular weight is 234 g/mol. The van der Waals surface area contributed by atoms with Crippen LogP contribution in [0.2, 0.25) is 0 Å². The molecule has 0 bridgehead atoms. The van der Waals surface area contributed by atoms with E-state index in [1.165, 1.54) is 0 Å². The summed E-state index contributed by atoms with van der Waals surface area (Å²) in [5.41, 5.74) is 0.